The minimum Gasteiger partial charge on any atom is -0.492 e. The molecule has 1 amide bonds. The number of nitrogens with one attached hydrogen (secondary N) is 1. The molecule has 1 aliphatic rings. The molecule has 0 radical (unpaired) electrons. The SMILES string of the molecule is Cc1cc(/C=C/C(=O)Nc2ccccc2C(=O)O)ccc1OCCN1CCN(C)CC1. The Bertz CT molecular complexity index is 950. The summed E-state index contributed by atoms with van der Waals surface area (Å²) in [6.07, 6.45) is 3.08. The van der Waals surface area contributed by atoms with Crippen molar-refractivity contribution in [1.29, 1.82) is 0 Å². The van der Waals surface area contributed by atoms with Crippen LogP contribution in [0.25, 0.3) is 6.08 Å². The number of hydrogen-bond acceptors (Lipinski definition) is 5. The van der Waals surface area contributed by atoms with E-state index < -0.39 is 5.97 Å². The van der Waals surface area contributed by atoms with E-state index in [2.05, 4.69) is 22.2 Å². The number of hydrogen-bond donors (Lipinski definition) is 2. The number of carbonyl (C=O) groups is 2. The molecule has 2 aromatic rings. The second-order valence-electron chi connectivity index (χ2n) is 7.69. The Kier molecular flexibility index (Phi) is 7.81. The fraction of sp³-hybridized carbons (Fsp3) is 0.333. The molecular formula is C24H29N3O4. The van der Waals surface area contributed by atoms with Crippen molar-refractivity contribution in [3.63, 3.8) is 0 Å². The van der Waals surface area contributed by atoms with Gasteiger partial charge in [-0.05, 0) is 55.4 Å². The highest BCUT2D eigenvalue weighted by Gasteiger charge is 2.13. The molecular weight excluding hydrogens is 394 g/mol. The van der Waals surface area contributed by atoms with Crippen LogP contribution in [-0.4, -0.2) is 73.2 Å². The molecule has 0 aromatic heterocycles. The molecule has 0 spiro atoms. The lowest BCUT2D eigenvalue weighted by Crippen LogP contribution is -2.45. The predicted molar refractivity (Wildman–Crippen MR) is 122 cm³/mol. The molecule has 7 nitrogen and oxygen atoms in total. The van der Waals surface area contributed by atoms with Crippen LogP contribution >= 0.6 is 0 Å². The Morgan fingerprint density at radius 2 is 1.87 bits per heavy atom. The summed E-state index contributed by atoms with van der Waals surface area (Å²) in [6, 6.07) is 12.1. The summed E-state index contributed by atoms with van der Waals surface area (Å²) in [5.74, 6) is -0.635. The van der Waals surface area contributed by atoms with E-state index in [0.29, 0.717) is 6.61 Å². The van der Waals surface area contributed by atoms with Crippen LogP contribution < -0.4 is 10.1 Å². The number of carboxylic acids is 1. The van der Waals surface area contributed by atoms with E-state index in [9.17, 15) is 14.7 Å². The summed E-state index contributed by atoms with van der Waals surface area (Å²) < 4.78 is 5.95. The van der Waals surface area contributed by atoms with Gasteiger partial charge in [0.15, 0.2) is 0 Å². The second-order valence-corrected chi connectivity index (χ2v) is 7.69. The van der Waals surface area contributed by atoms with Crippen molar-refractivity contribution in [2.24, 2.45) is 0 Å². The van der Waals surface area contributed by atoms with Gasteiger partial charge in [-0.25, -0.2) is 4.79 Å². The number of anilines is 1. The number of likely N-dealkylation sites (N-methyl/N-ethyl adjacent to an activating group) is 1. The fourth-order valence-corrected chi connectivity index (χ4v) is 3.42. The molecule has 0 unspecified atom stereocenters. The number of aromatic carboxylic acids is 1. The summed E-state index contributed by atoms with van der Waals surface area (Å²) in [5, 5.41) is 11.8. The van der Waals surface area contributed by atoms with Crippen LogP contribution in [0.2, 0.25) is 0 Å². The molecule has 31 heavy (non-hydrogen) atoms. The molecule has 1 saturated heterocycles. The quantitative estimate of drug-likeness (QED) is 0.636. The van der Waals surface area contributed by atoms with Gasteiger partial charge in [0.2, 0.25) is 5.91 Å². The third-order valence-electron chi connectivity index (χ3n) is 5.30. The second kappa shape index (κ2) is 10.7. The monoisotopic (exact) mass is 423 g/mol. The van der Waals surface area contributed by atoms with Gasteiger partial charge in [0.1, 0.15) is 12.4 Å². The average Bonchev–Trinajstić information content (AvgIpc) is 2.75. The van der Waals surface area contributed by atoms with Crippen molar-refractivity contribution < 1.29 is 19.4 Å². The number of benzene rings is 2. The van der Waals surface area contributed by atoms with E-state index in [1.165, 1.54) is 12.1 Å². The van der Waals surface area contributed by atoms with E-state index in [1.54, 1.807) is 24.3 Å². The fourth-order valence-electron chi connectivity index (χ4n) is 3.42. The first-order chi connectivity index (χ1) is 14.9. The minimum atomic E-state index is -1.08. The Hall–Kier alpha value is -3.16. The van der Waals surface area contributed by atoms with Crippen molar-refractivity contribution in [1.82, 2.24) is 9.80 Å². The van der Waals surface area contributed by atoms with Crippen LogP contribution in [-0.2, 0) is 4.79 Å². The number of ether oxygens (including phenoxy) is 1. The number of para-hydroxylation sites is 1. The van der Waals surface area contributed by atoms with Gasteiger partial charge in [0.25, 0.3) is 0 Å². The standard InChI is InChI=1S/C24H29N3O4/c1-18-17-19(7-9-22(18)31-16-15-27-13-11-26(2)12-14-27)8-10-23(28)25-21-6-4-3-5-20(21)24(29)30/h3-10,17H,11-16H2,1-2H3,(H,25,28)(H,29,30)/b10-8+. The smallest absolute Gasteiger partial charge is 0.337 e. The van der Waals surface area contributed by atoms with Gasteiger partial charge in [-0.15, -0.1) is 0 Å². The van der Waals surface area contributed by atoms with Crippen molar-refractivity contribution in [3.05, 3.63) is 65.2 Å². The summed E-state index contributed by atoms with van der Waals surface area (Å²) in [5.41, 5.74) is 2.19. The Morgan fingerprint density at radius 3 is 2.58 bits per heavy atom. The number of aryl methyl sites for hydroxylation is 1. The highest BCUT2D eigenvalue weighted by atomic mass is 16.5. The zero-order valence-electron chi connectivity index (χ0n) is 18.0. The van der Waals surface area contributed by atoms with E-state index >= 15 is 0 Å². The number of rotatable bonds is 8. The lowest BCUT2D eigenvalue weighted by molar-refractivity contribution is -0.111. The van der Waals surface area contributed by atoms with Crippen LogP contribution in [0.4, 0.5) is 5.69 Å². The molecule has 2 aromatic carbocycles. The Balaban J connectivity index is 1.52. The highest BCUT2D eigenvalue weighted by Crippen LogP contribution is 2.20. The summed E-state index contributed by atoms with van der Waals surface area (Å²) >= 11 is 0. The van der Waals surface area contributed by atoms with Crippen molar-refractivity contribution in [3.8, 4) is 5.75 Å². The van der Waals surface area contributed by atoms with Gasteiger partial charge in [-0.1, -0.05) is 18.2 Å². The summed E-state index contributed by atoms with van der Waals surface area (Å²) in [6.45, 7) is 7.86. The summed E-state index contributed by atoms with van der Waals surface area (Å²) in [4.78, 5) is 28.2. The maximum atomic E-state index is 12.2. The lowest BCUT2D eigenvalue weighted by Gasteiger charge is -2.32. The first-order valence-electron chi connectivity index (χ1n) is 10.4. The van der Waals surface area contributed by atoms with Crippen LogP contribution in [0.15, 0.2) is 48.5 Å². The molecule has 0 atom stereocenters. The summed E-state index contributed by atoms with van der Waals surface area (Å²) in [7, 11) is 2.14. The molecule has 3 rings (SSSR count). The van der Waals surface area contributed by atoms with Crippen LogP contribution in [0, 0.1) is 6.92 Å². The zero-order chi connectivity index (χ0) is 22.2. The van der Waals surface area contributed by atoms with E-state index in [0.717, 1.165) is 49.6 Å². The number of nitrogens with zero attached hydrogens (tertiary/aromatic N) is 2. The molecule has 164 valence electrons. The van der Waals surface area contributed by atoms with Crippen LogP contribution in [0.3, 0.4) is 0 Å². The van der Waals surface area contributed by atoms with Crippen LogP contribution in [0.5, 0.6) is 5.75 Å². The maximum Gasteiger partial charge on any atom is 0.337 e. The number of carboxylic acid groups (broad SMARTS) is 1. The zero-order valence-corrected chi connectivity index (χ0v) is 18.0. The maximum absolute atomic E-state index is 12.2. The van der Waals surface area contributed by atoms with Gasteiger partial charge in [-0.2, -0.15) is 0 Å². The molecule has 0 saturated carbocycles. The van der Waals surface area contributed by atoms with Crippen molar-refractivity contribution in [2.75, 3.05) is 51.7 Å². The highest BCUT2D eigenvalue weighted by molar-refractivity contribution is 6.06. The van der Waals surface area contributed by atoms with Gasteiger partial charge in [0.05, 0.1) is 11.3 Å². The molecule has 1 heterocycles. The number of piperazine rings is 1. The Morgan fingerprint density at radius 1 is 1.13 bits per heavy atom. The predicted octanol–water partition coefficient (Wildman–Crippen LogP) is 2.97. The molecule has 7 heteroatoms. The van der Waals surface area contributed by atoms with E-state index in [1.807, 2.05) is 25.1 Å². The Labute approximate surface area is 182 Å². The average molecular weight is 424 g/mol. The number of amides is 1. The molecule has 2 N–H and O–H groups in total. The first-order valence-corrected chi connectivity index (χ1v) is 10.4. The third-order valence-corrected chi connectivity index (χ3v) is 5.30. The van der Waals surface area contributed by atoms with Crippen molar-refractivity contribution >= 4 is 23.6 Å². The van der Waals surface area contributed by atoms with Gasteiger partial charge in [0, 0.05) is 38.8 Å². The largest absolute Gasteiger partial charge is 0.492 e. The molecule has 1 fully saturated rings. The molecule has 0 aliphatic carbocycles. The third kappa shape index (κ3) is 6.67. The van der Waals surface area contributed by atoms with Gasteiger partial charge >= 0.3 is 5.97 Å². The normalized spacial score (nSPS) is 15.2. The van der Waals surface area contributed by atoms with Crippen LogP contribution in [0.1, 0.15) is 21.5 Å². The number of carbonyl (C=O) groups excluding carboxylic acids is 1. The first kappa shape index (κ1) is 22.5. The van der Waals surface area contributed by atoms with Gasteiger partial charge < -0.3 is 20.1 Å². The van der Waals surface area contributed by atoms with Gasteiger partial charge in [-0.3, -0.25) is 9.69 Å². The molecule has 0 bridgehead atoms. The minimum absolute atomic E-state index is 0.0539. The van der Waals surface area contributed by atoms with E-state index in [4.69, 9.17) is 4.74 Å². The lowest BCUT2D eigenvalue weighted by atomic mass is 10.1. The topological polar surface area (TPSA) is 82.1 Å². The molecule has 1 aliphatic heterocycles. The van der Waals surface area contributed by atoms with E-state index in [-0.39, 0.29) is 17.2 Å². The van der Waals surface area contributed by atoms with Crippen molar-refractivity contribution in [2.45, 2.75) is 6.92 Å².